The van der Waals surface area contributed by atoms with E-state index in [2.05, 4.69) is 16.4 Å². The number of fused-ring (bicyclic) bond motifs is 1. The van der Waals surface area contributed by atoms with Gasteiger partial charge in [0.25, 0.3) is 0 Å². The number of rotatable bonds is 5. The summed E-state index contributed by atoms with van der Waals surface area (Å²) in [6.07, 6.45) is 0.691. The van der Waals surface area contributed by atoms with Crippen molar-refractivity contribution in [2.75, 3.05) is 0 Å². The highest BCUT2D eigenvalue weighted by molar-refractivity contribution is 8.00. The Morgan fingerprint density at radius 2 is 1.93 bits per heavy atom. The summed E-state index contributed by atoms with van der Waals surface area (Å²) in [5.41, 5.74) is 0.00120. The molecule has 0 spiro atoms. The molecule has 2 nitrogen and oxygen atoms in total. The summed E-state index contributed by atoms with van der Waals surface area (Å²) in [7, 11) is 0. The van der Waals surface area contributed by atoms with E-state index in [1.54, 1.807) is 6.20 Å². The lowest BCUT2D eigenvalue weighted by Crippen LogP contribution is -2.42. The van der Waals surface area contributed by atoms with E-state index in [0.29, 0.717) is 10.9 Å². The van der Waals surface area contributed by atoms with E-state index in [0.717, 1.165) is 36.9 Å². The summed E-state index contributed by atoms with van der Waals surface area (Å²) in [5, 5.41) is 6.02. The summed E-state index contributed by atoms with van der Waals surface area (Å²) >= 11 is 1.38. The van der Waals surface area contributed by atoms with Crippen LogP contribution in [-0.4, -0.2) is 16.3 Å². The first-order valence-electron chi connectivity index (χ1n) is 8.98. The maximum Gasteiger partial charge on any atom is 0.419 e. The summed E-state index contributed by atoms with van der Waals surface area (Å²) in [6, 6.07) is 11.7. The van der Waals surface area contributed by atoms with Gasteiger partial charge in [0.2, 0.25) is 0 Å². The third kappa shape index (κ3) is 4.15. The molecule has 0 unspecified atom stereocenters. The molecule has 1 aliphatic carbocycles. The van der Waals surface area contributed by atoms with Crippen LogP contribution in [0.1, 0.15) is 24.0 Å². The molecule has 1 fully saturated rings. The molecular weight excluding hydrogens is 388 g/mol. The SMILES string of the molecule is Fc1ccc(S[C@H]2C[C@H](NCc3cccc4cnccc34)C2)cc1C(F)(F)F. The van der Waals surface area contributed by atoms with Crippen molar-refractivity contribution in [3.63, 3.8) is 0 Å². The van der Waals surface area contributed by atoms with E-state index in [4.69, 9.17) is 0 Å². The number of nitrogens with zero attached hydrogens (tertiary/aromatic N) is 1. The van der Waals surface area contributed by atoms with Gasteiger partial charge < -0.3 is 5.32 Å². The Morgan fingerprint density at radius 3 is 2.71 bits per heavy atom. The van der Waals surface area contributed by atoms with E-state index in [9.17, 15) is 17.6 Å². The fourth-order valence-electron chi connectivity index (χ4n) is 3.41. The maximum atomic E-state index is 13.4. The van der Waals surface area contributed by atoms with Crippen LogP contribution in [0.3, 0.4) is 0 Å². The first kappa shape index (κ1) is 19.2. The Labute approximate surface area is 164 Å². The van der Waals surface area contributed by atoms with E-state index in [1.807, 2.05) is 24.4 Å². The Kier molecular flexibility index (Phi) is 5.29. The van der Waals surface area contributed by atoms with Gasteiger partial charge in [-0.25, -0.2) is 4.39 Å². The second kappa shape index (κ2) is 7.72. The molecule has 0 atom stereocenters. The van der Waals surface area contributed by atoms with Crippen molar-refractivity contribution >= 4 is 22.5 Å². The molecule has 0 amide bonds. The fraction of sp³-hybridized carbons (Fsp3) is 0.286. The van der Waals surface area contributed by atoms with Crippen molar-refractivity contribution in [1.82, 2.24) is 10.3 Å². The van der Waals surface area contributed by atoms with Gasteiger partial charge in [0, 0.05) is 40.5 Å². The van der Waals surface area contributed by atoms with Gasteiger partial charge in [0.15, 0.2) is 0 Å². The molecule has 3 aromatic rings. The van der Waals surface area contributed by atoms with Crippen molar-refractivity contribution in [3.05, 3.63) is 71.8 Å². The second-order valence-electron chi connectivity index (χ2n) is 6.94. The largest absolute Gasteiger partial charge is 0.419 e. The highest BCUT2D eigenvalue weighted by Crippen LogP contribution is 2.40. The number of alkyl halides is 3. The first-order chi connectivity index (χ1) is 13.4. The lowest BCUT2D eigenvalue weighted by Gasteiger charge is -2.35. The number of hydrogen-bond donors (Lipinski definition) is 1. The Morgan fingerprint density at radius 1 is 1.11 bits per heavy atom. The average Bonchev–Trinajstić information content (AvgIpc) is 2.64. The molecule has 1 N–H and O–H groups in total. The monoisotopic (exact) mass is 406 g/mol. The van der Waals surface area contributed by atoms with Crippen LogP contribution in [0, 0.1) is 5.82 Å². The van der Waals surface area contributed by atoms with Crippen LogP contribution < -0.4 is 5.32 Å². The third-order valence-electron chi connectivity index (χ3n) is 4.99. The smallest absolute Gasteiger partial charge is 0.310 e. The van der Waals surface area contributed by atoms with E-state index in [-0.39, 0.29) is 5.25 Å². The first-order valence-corrected chi connectivity index (χ1v) is 9.86. The zero-order valence-electron chi connectivity index (χ0n) is 14.8. The number of aromatic nitrogens is 1. The van der Waals surface area contributed by atoms with Crippen molar-refractivity contribution < 1.29 is 17.6 Å². The molecular formula is C21H18F4N2S. The van der Waals surface area contributed by atoms with Crippen molar-refractivity contribution in [1.29, 1.82) is 0 Å². The highest BCUT2D eigenvalue weighted by Gasteiger charge is 2.35. The van der Waals surface area contributed by atoms with Crippen LogP contribution in [0.5, 0.6) is 0 Å². The predicted octanol–water partition coefficient (Wildman–Crippen LogP) is 5.81. The fourth-order valence-corrected chi connectivity index (χ4v) is 4.79. The maximum absolute atomic E-state index is 13.4. The molecule has 146 valence electrons. The molecule has 1 saturated carbocycles. The van der Waals surface area contributed by atoms with Gasteiger partial charge in [-0.3, -0.25) is 4.98 Å². The van der Waals surface area contributed by atoms with Gasteiger partial charge >= 0.3 is 6.18 Å². The average molecular weight is 406 g/mol. The van der Waals surface area contributed by atoms with Crippen molar-refractivity contribution in [3.8, 4) is 0 Å². The molecule has 1 heterocycles. The van der Waals surface area contributed by atoms with Crippen LogP contribution in [0.4, 0.5) is 17.6 Å². The Bertz CT molecular complexity index is 978. The minimum absolute atomic E-state index is 0.237. The summed E-state index contributed by atoms with van der Waals surface area (Å²) in [5.74, 6) is -1.23. The molecule has 4 rings (SSSR count). The molecule has 0 saturated heterocycles. The molecule has 1 aromatic heterocycles. The number of nitrogens with one attached hydrogen (secondary N) is 1. The number of thioether (sulfide) groups is 1. The zero-order chi connectivity index (χ0) is 19.7. The molecule has 0 radical (unpaired) electrons. The van der Waals surface area contributed by atoms with Crippen LogP contribution in [0.15, 0.2) is 59.8 Å². The van der Waals surface area contributed by atoms with Gasteiger partial charge in [-0.15, -0.1) is 11.8 Å². The van der Waals surface area contributed by atoms with Gasteiger partial charge in [-0.2, -0.15) is 13.2 Å². The standard InChI is InChI=1S/C21H18F4N2S/c22-20-5-4-16(10-19(20)21(23,24)25)28-17-8-15(9-17)27-12-14-3-1-2-13-11-26-7-6-18(13)14/h1-7,10-11,15,17,27H,8-9,12H2/t15-,17-. The van der Waals surface area contributed by atoms with E-state index in [1.165, 1.54) is 28.8 Å². The van der Waals surface area contributed by atoms with E-state index >= 15 is 0 Å². The summed E-state index contributed by atoms with van der Waals surface area (Å²) in [6.45, 7) is 0.734. The second-order valence-corrected chi connectivity index (χ2v) is 8.32. The predicted molar refractivity (Wildman–Crippen MR) is 103 cm³/mol. The van der Waals surface area contributed by atoms with Crippen LogP contribution in [-0.2, 0) is 12.7 Å². The number of benzene rings is 2. The Hall–Kier alpha value is -2.12. The highest BCUT2D eigenvalue weighted by atomic mass is 32.2. The molecule has 0 bridgehead atoms. The third-order valence-corrected chi connectivity index (χ3v) is 6.24. The topological polar surface area (TPSA) is 24.9 Å². The minimum atomic E-state index is -4.67. The van der Waals surface area contributed by atoms with Crippen LogP contribution in [0.2, 0.25) is 0 Å². The van der Waals surface area contributed by atoms with Crippen LogP contribution in [0.25, 0.3) is 10.8 Å². The number of pyridine rings is 1. The number of halogens is 4. The van der Waals surface area contributed by atoms with Gasteiger partial charge in [0.05, 0.1) is 5.56 Å². The minimum Gasteiger partial charge on any atom is -0.310 e. The quantitative estimate of drug-likeness (QED) is 0.542. The normalized spacial score (nSPS) is 19.6. The van der Waals surface area contributed by atoms with Gasteiger partial charge in [-0.05, 0) is 48.1 Å². The molecule has 28 heavy (non-hydrogen) atoms. The molecule has 7 heteroatoms. The zero-order valence-corrected chi connectivity index (χ0v) is 15.7. The van der Waals surface area contributed by atoms with Gasteiger partial charge in [0.1, 0.15) is 5.82 Å². The molecule has 0 aliphatic heterocycles. The lowest BCUT2D eigenvalue weighted by atomic mass is 9.92. The van der Waals surface area contributed by atoms with Crippen molar-refractivity contribution in [2.45, 2.75) is 41.7 Å². The summed E-state index contributed by atoms with van der Waals surface area (Å²) < 4.78 is 51.9. The van der Waals surface area contributed by atoms with Crippen molar-refractivity contribution in [2.24, 2.45) is 0 Å². The molecule has 1 aliphatic rings. The number of hydrogen-bond acceptors (Lipinski definition) is 3. The van der Waals surface area contributed by atoms with Crippen LogP contribution >= 0.6 is 11.8 Å². The lowest BCUT2D eigenvalue weighted by molar-refractivity contribution is -0.140. The Balaban J connectivity index is 1.32. The van der Waals surface area contributed by atoms with Gasteiger partial charge in [-0.1, -0.05) is 18.2 Å². The molecule has 2 aromatic carbocycles. The van der Waals surface area contributed by atoms with E-state index < -0.39 is 17.6 Å². The summed E-state index contributed by atoms with van der Waals surface area (Å²) in [4.78, 5) is 4.59.